The van der Waals surface area contributed by atoms with Gasteiger partial charge in [-0.3, -0.25) is 4.39 Å². The van der Waals surface area contributed by atoms with Gasteiger partial charge < -0.3 is 9.69 Å². The van der Waals surface area contributed by atoms with Gasteiger partial charge in [-0.1, -0.05) is 49.1 Å². The molecule has 0 spiro atoms. The fraction of sp³-hybridized carbons (Fsp3) is 0.320. The number of halogens is 1. The van der Waals surface area contributed by atoms with Crippen LogP contribution in [-0.4, -0.2) is 26.1 Å². The number of allylic oxidation sites excluding steroid dienone is 2. The van der Waals surface area contributed by atoms with E-state index < -0.39 is 12.6 Å². The second-order valence-electron chi connectivity index (χ2n) is 6.98. The molecule has 0 saturated heterocycles. The highest BCUT2D eigenvalue weighted by Gasteiger charge is 2.11. The topological polar surface area (TPSA) is 20.3 Å². The predicted octanol–water partition coefficient (Wildman–Crippen LogP) is 5.89. The Hall–Kier alpha value is -2.68. The number of hydrogen-bond donors (Lipinski definition) is 0. The molecule has 0 bridgehead atoms. The number of benzene rings is 2. The van der Waals surface area contributed by atoms with Crippen molar-refractivity contribution in [2.45, 2.75) is 27.2 Å². The molecule has 2 rings (SSSR count). The molecule has 0 amide bonds. The maximum atomic E-state index is 13.0. The summed E-state index contributed by atoms with van der Waals surface area (Å²) in [6.45, 7) is 11.8. The van der Waals surface area contributed by atoms with Gasteiger partial charge in [0.1, 0.15) is 6.29 Å². The zero-order valence-corrected chi connectivity index (χ0v) is 17.1. The molecule has 2 aromatic rings. The summed E-state index contributed by atoms with van der Waals surface area (Å²) in [5, 5.41) is 0. The molecule has 0 aromatic heterocycles. The molecule has 148 valence electrons. The monoisotopic (exact) mass is 379 g/mol. The van der Waals surface area contributed by atoms with Crippen molar-refractivity contribution in [2.75, 3.05) is 24.7 Å². The van der Waals surface area contributed by atoms with Gasteiger partial charge in [-0.2, -0.15) is 0 Å². The molecule has 0 heterocycles. The summed E-state index contributed by atoms with van der Waals surface area (Å²) in [7, 11) is 0. The van der Waals surface area contributed by atoms with Crippen LogP contribution in [0.25, 0.3) is 11.6 Å². The highest BCUT2D eigenvalue weighted by Crippen LogP contribution is 2.23. The normalized spacial score (nSPS) is 12.1. The zero-order chi connectivity index (χ0) is 20.5. The molecule has 0 radical (unpaired) electrons. The van der Waals surface area contributed by atoms with Crippen molar-refractivity contribution >= 4 is 23.6 Å². The first-order valence-corrected chi connectivity index (χ1v) is 9.86. The minimum absolute atomic E-state index is 0.409. The van der Waals surface area contributed by atoms with Gasteiger partial charge in [-0.25, -0.2) is 0 Å². The van der Waals surface area contributed by atoms with E-state index in [4.69, 9.17) is 0 Å². The van der Waals surface area contributed by atoms with E-state index in [2.05, 4.69) is 49.6 Å². The first-order chi connectivity index (χ1) is 13.5. The van der Waals surface area contributed by atoms with E-state index in [1.54, 1.807) is 0 Å². The summed E-state index contributed by atoms with van der Waals surface area (Å²) < 4.78 is 13.0. The highest BCUT2D eigenvalue weighted by atomic mass is 19.1. The fourth-order valence-corrected chi connectivity index (χ4v) is 3.33. The molecule has 0 saturated carbocycles. The zero-order valence-electron chi connectivity index (χ0n) is 17.1. The Labute approximate surface area is 168 Å². The van der Waals surface area contributed by atoms with Crippen LogP contribution in [0.3, 0.4) is 0 Å². The number of hydrogen-bond acceptors (Lipinski definition) is 2. The van der Waals surface area contributed by atoms with Gasteiger partial charge in [0.25, 0.3) is 0 Å². The van der Waals surface area contributed by atoms with Crippen LogP contribution in [0, 0.1) is 12.8 Å². The van der Waals surface area contributed by atoms with E-state index in [1.807, 2.05) is 37.3 Å². The lowest BCUT2D eigenvalue weighted by atomic mass is 9.93. The van der Waals surface area contributed by atoms with Gasteiger partial charge >= 0.3 is 0 Å². The van der Waals surface area contributed by atoms with Crippen molar-refractivity contribution in [3.8, 4) is 0 Å². The molecule has 2 nitrogen and oxygen atoms in total. The van der Waals surface area contributed by atoms with Crippen LogP contribution >= 0.6 is 0 Å². The molecule has 28 heavy (non-hydrogen) atoms. The summed E-state index contributed by atoms with van der Waals surface area (Å²) in [4.78, 5) is 13.3. The molecule has 0 aliphatic rings. The number of carbonyl (C=O) groups excluding carboxylic acids is 1. The molecular formula is C25H30FNO. The van der Waals surface area contributed by atoms with Crippen molar-refractivity contribution < 1.29 is 9.18 Å². The number of carbonyl (C=O) groups is 1. The predicted molar refractivity (Wildman–Crippen MR) is 118 cm³/mol. The third-order valence-electron chi connectivity index (χ3n) is 5.11. The van der Waals surface area contributed by atoms with Crippen molar-refractivity contribution in [3.63, 3.8) is 0 Å². The molecule has 1 atom stereocenters. The first-order valence-electron chi connectivity index (χ1n) is 9.86. The molecule has 2 aromatic carbocycles. The number of anilines is 1. The average molecular weight is 380 g/mol. The van der Waals surface area contributed by atoms with Gasteiger partial charge in [-0.15, -0.1) is 0 Å². The number of nitrogens with zero attached hydrogens (tertiary/aromatic N) is 1. The second-order valence-corrected chi connectivity index (χ2v) is 6.98. The second kappa shape index (κ2) is 10.6. The van der Waals surface area contributed by atoms with Crippen molar-refractivity contribution in [1.82, 2.24) is 0 Å². The van der Waals surface area contributed by atoms with Crippen LogP contribution in [0.5, 0.6) is 0 Å². The largest absolute Gasteiger partial charge is 0.372 e. The standard InChI is InChI=1S/C25H30FNO/c1-5-27(6-2)24-13-11-22(12-14-24)19(3)10-15-25-20(4)8-7-9-23(25)16-21(17-26)18-28/h7-15,18,21H,3,5-6,16-17H2,1-2,4H3/b15-10-. The Kier molecular flexibility index (Phi) is 8.19. The number of alkyl halides is 1. The van der Waals surface area contributed by atoms with Gasteiger partial charge in [0, 0.05) is 24.7 Å². The number of rotatable bonds is 10. The SMILES string of the molecule is C=C(/C=C\c1c(C)cccc1CC(C=O)CF)c1ccc(N(CC)CC)cc1. The van der Waals surface area contributed by atoms with Crippen molar-refractivity contribution in [2.24, 2.45) is 5.92 Å². The number of aryl methyl sites for hydroxylation is 1. The van der Waals surface area contributed by atoms with Crippen LogP contribution in [0.1, 0.15) is 36.1 Å². The van der Waals surface area contributed by atoms with Gasteiger partial charge in [-0.05, 0) is 67.2 Å². The smallest absolute Gasteiger partial charge is 0.126 e. The lowest BCUT2D eigenvalue weighted by Crippen LogP contribution is -2.21. The van der Waals surface area contributed by atoms with Crippen LogP contribution in [0.15, 0.2) is 55.1 Å². The average Bonchev–Trinajstić information content (AvgIpc) is 2.72. The summed E-state index contributed by atoms with van der Waals surface area (Å²) in [5.74, 6) is -0.593. The molecule has 1 unspecified atom stereocenters. The molecule has 3 heteroatoms. The summed E-state index contributed by atoms with van der Waals surface area (Å²) >= 11 is 0. The molecule has 0 N–H and O–H groups in total. The Balaban J connectivity index is 2.21. The van der Waals surface area contributed by atoms with E-state index >= 15 is 0 Å². The van der Waals surface area contributed by atoms with E-state index in [0.717, 1.165) is 40.9 Å². The van der Waals surface area contributed by atoms with Crippen molar-refractivity contribution in [3.05, 3.63) is 77.4 Å². The third-order valence-corrected chi connectivity index (χ3v) is 5.11. The molecule has 0 aliphatic heterocycles. The maximum Gasteiger partial charge on any atom is 0.126 e. The summed E-state index contributed by atoms with van der Waals surface area (Å²) in [6.07, 6.45) is 5.12. The van der Waals surface area contributed by atoms with Crippen LogP contribution in [0.2, 0.25) is 0 Å². The molecule has 0 aliphatic carbocycles. The first kappa shape index (κ1) is 21.6. The van der Waals surface area contributed by atoms with Crippen LogP contribution < -0.4 is 4.90 Å². The van der Waals surface area contributed by atoms with E-state index in [0.29, 0.717) is 12.7 Å². The van der Waals surface area contributed by atoms with Crippen LogP contribution in [0.4, 0.5) is 10.1 Å². The Morgan fingerprint density at radius 3 is 2.39 bits per heavy atom. The van der Waals surface area contributed by atoms with Crippen LogP contribution in [-0.2, 0) is 11.2 Å². The number of aldehydes is 1. The summed E-state index contributed by atoms with van der Waals surface area (Å²) in [5.41, 5.74) is 6.30. The Morgan fingerprint density at radius 2 is 1.82 bits per heavy atom. The third kappa shape index (κ3) is 5.41. The minimum atomic E-state index is -0.633. The fourth-order valence-electron chi connectivity index (χ4n) is 3.33. The lowest BCUT2D eigenvalue weighted by molar-refractivity contribution is -0.111. The molecule has 0 fully saturated rings. The Morgan fingerprint density at radius 1 is 1.14 bits per heavy atom. The minimum Gasteiger partial charge on any atom is -0.372 e. The van der Waals surface area contributed by atoms with E-state index in [9.17, 15) is 9.18 Å². The van der Waals surface area contributed by atoms with Gasteiger partial charge in [0.2, 0.25) is 0 Å². The van der Waals surface area contributed by atoms with Gasteiger partial charge in [0.15, 0.2) is 0 Å². The highest BCUT2D eigenvalue weighted by molar-refractivity contribution is 5.79. The van der Waals surface area contributed by atoms with E-state index in [1.165, 1.54) is 5.69 Å². The molecular weight excluding hydrogens is 349 g/mol. The van der Waals surface area contributed by atoms with E-state index in [-0.39, 0.29) is 0 Å². The maximum absolute atomic E-state index is 13.0. The van der Waals surface area contributed by atoms with Gasteiger partial charge in [0.05, 0.1) is 6.67 Å². The summed E-state index contributed by atoms with van der Waals surface area (Å²) in [6, 6.07) is 14.3. The van der Waals surface area contributed by atoms with Crippen molar-refractivity contribution in [1.29, 1.82) is 0 Å². The quantitative estimate of drug-likeness (QED) is 0.379. The lowest BCUT2D eigenvalue weighted by Gasteiger charge is -2.21. The Bertz CT molecular complexity index is 819.